The largest absolute Gasteiger partial charge is 0.484 e. The van der Waals surface area contributed by atoms with Crippen molar-refractivity contribution in [3.8, 4) is 11.6 Å². The molecule has 0 radical (unpaired) electrons. The van der Waals surface area contributed by atoms with Crippen molar-refractivity contribution in [3.63, 3.8) is 0 Å². The first-order valence-electron chi connectivity index (χ1n) is 6.80. The van der Waals surface area contributed by atoms with Gasteiger partial charge in [0.15, 0.2) is 5.75 Å². The Labute approximate surface area is 121 Å². The molecule has 0 saturated carbocycles. The molecule has 0 spiro atoms. The summed E-state index contributed by atoms with van der Waals surface area (Å²) in [5.41, 5.74) is 0. The molecule has 8 nitrogen and oxygen atoms in total. The number of rotatable bonds is 2. The molecule has 1 aromatic heterocycles. The van der Waals surface area contributed by atoms with Gasteiger partial charge in [-0.3, -0.25) is 5.32 Å². The molecule has 3 N–H and O–H groups in total. The van der Waals surface area contributed by atoms with E-state index in [1.54, 1.807) is 12.1 Å². The van der Waals surface area contributed by atoms with Gasteiger partial charge in [0.05, 0.1) is 18.8 Å². The predicted octanol–water partition coefficient (Wildman–Crippen LogP) is -0.188. The number of fused-ring (bicyclic) bond motifs is 1. The Morgan fingerprint density at radius 2 is 2.24 bits per heavy atom. The average Bonchev–Trinajstić information content (AvgIpc) is 2.88. The summed E-state index contributed by atoms with van der Waals surface area (Å²) in [5, 5.41) is 21.5. The van der Waals surface area contributed by atoms with Crippen LogP contribution in [0.3, 0.4) is 0 Å². The Balaban J connectivity index is 1.70. The van der Waals surface area contributed by atoms with Gasteiger partial charge in [-0.1, -0.05) is 0 Å². The Kier molecular flexibility index (Phi) is 3.80. The quantitative estimate of drug-likeness (QED) is 0.699. The zero-order valence-corrected chi connectivity index (χ0v) is 11.4. The second-order valence-corrected chi connectivity index (χ2v) is 5.01. The number of pyridine rings is 1. The molecule has 3 rings (SSSR count). The average molecular weight is 295 g/mol. The zero-order chi connectivity index (χ0) is 14.8. The van der Waals surface area contributed by atoms with Crippen molar-refractivity contribution < 1.29 is 24.5 Å². The van der Waals surface area contributed by atoms with Crippen LogP contribution in [-0.2, 0) is 0 Å². The number of β-amino-alcohol motifs (C(OH)–C–C–N with tert-alkyl or cyclic N) is 1. The second kappa shape index (κ2) is 5.74. The van der Waals surface area contributed by atoms with Crippen LogP contribution in [0.5, 0.6) is 11.6 Å². The molecular formula is C13H17N3O5. The molecule has 0 aliphatic carbocycles. The van der Waals surface area contributed by atoms with E-state index in [1.807, 2.05) is 0 Å². The van der Waals surface area contributed by atoms with Crippen molar-refractivity contribution in [1.29, 1.82) is 0 Å². The van der Waals surface area contributed by atoms with Crippen molar-refractivity contribution in [2.45, 2.75) is 18.6 Å². The lowest BCUT2D eigenvalue weighted by molar-refractivity contribution is 0.163. The highest BCUT2D eigenvalue weighted by Gasteiger charge is 2.34. The molecule has 114 valence electrons. The number of urea groups is 1. The first-order valence-corrected chi connectivity index (χ1v) is 6.80. The van der Waals surface area contributed by atoms with E-state index >= 15 is 0 Å². The number of ether oxygens (including phenoxy) is 2. The molecule has 1 fully saturated rings. The number of hydrogen-bond acceptors (Lipinski definition) is 6. The third-order valence-electron chi connectivity index (χ3n) is 3.50. The number of amides is 2. The van der Waals surface area contributed by atoms with Crippen LogP contribution in [0.4, 0.5) is 10.6 Å². The fourth-order valence-corrected chi connectivity index (χ4v) is 2.50. The smallest absolute Gasteiger partial charge is 0.323 e. The SMILES string of the molecule is O=C(Nc1ccc2c(n1)OCCO2)N1CC(O)CC1CO. The number of hydrogen-bond donors (Lipinski definition) is 3. The van der Waals surface area contributed by atoms with Crippen LogP contribution in [0.2, 0.25) is 0 Å². The minimum absolute atomic E-state index is 0.182. The van der Waals surface area contributed by atoms with Gasteiger partial charge in [-0.25, -0.2) is 4.79 Å². The lowest BCUT2D eigenvalue weighted by Crippen LogP contribution is -2.41. The number of nitrogens with zero attached hydrogens (tertiary/aromatic N) is 2. The molecule has 1 aromatic rings. The van der Waals surface area contributed by atoms with Crippen LogP contribution in [-0.4, -0.2) is 64.6 Å². The maximum Gasteiger partial charge on any atom is 0.323 e. The van der Waals surface area contributed by atoms with E-state index in [1.165, 1.54) is 4.90 Å². The molecule has 0 aromatic carbocycles. The molecular weight excluding hydrogens is 278 g/mol. The van der Waals surface area contributed by atoms with Crippen LogP contribution in [0.25, 0.3) is 0 Å². The van der Waals surface area contributed by atoms with Crippen LogP contribution in [0, 0.1) is 0 Å². The Hall–Kier alpha value is -2.06. The molecule has 2 atom stereocenters. The fraction of sp³-hybridized carbons (Fsp3) is 0.538. The van der Waals surface area contributed by atoms with E-state index in [0.717, 1.165) is 0 Å². The first-order chi connectivity index (χ1) is 10.2. The number of nitrogens with one attached hydrogen (secondary N) is 1. The van der Waals surface area contributed by atoms with Crippen molar-refractivity contribution in [2.24, 2.45) is 0 Å². The van der Waals surface area contributed by atoms with Crippen molar-refractivity contribution in [1.82, 2.24) is 9.88 Å². The highest BCUT2D eigenvalue weighted by molar-refractivity contribution is 5.89. The predicted molar refractivity (Wildman–Crippen MR) is 72.4 cm³/mol. The van der Waals surface area contributed by atoms with Crippen LogP contribution in [0.15, 0.2) is 12.1 Å². The van der Waals surface area contributed by atoms with Gasteiger partial charge in [-0.15, -0.1) is 0 Å². The van der Waals surface area contributed by atoms with E-state index in [-0.39, 0.29) is 19.2 Å². The van der Waals surface area contributed by atoms with Crippen molar-refractivity contribution in [3.05, 3.63) is 12.1 Å². The number of anilines is 1. The number of aliphatic hydroxyl groups excluding tert-OH is 2. The summed E-state index contributed by atoms with van der Waals surface area (Å²) in [6.45, 7) is 0.910. The van der Waals surface area contributed by atoms with Crippen molar-refractivity contribution >= 4 is 11.8 Å². The normalized spacial score (nSPS) is 24.0. The van der Waals surface area contributed by atoms with Crippen LogP contribution >= 0.6 is 0 Å². The van der Waals surface area contributed by atoms with E-state index < -0.39 is 12.1 Å². The molecule has 21 heavy (non-hydrogen) atoms. The standard InChI is InChI=1S/C13H17N3O5/c17-7-8-5-9(18)6-16(8)13(19)15-11-2-1-10-12(14-11)21-4-3-20-10/h1-2,8-9,17-18H,3-7H2,(H,14,15,19). The topological polar surface area (TPSA) is 104 Å². The number of aromatic nitrogens is 1. The van der Waals surface area contributed by atoms with Crippen molar-refractivity contribution in [2.75, 3.05) is 31.7 Å². The van der Waals surface area contributed by atoms with E-state index in [9.17, 15) is 15.0 Å². The lowest BCUT2D eigenvalue weighted by atomic mass is 10.2. The number of carbonyl (C=O) groups excluding carboxylic acids is 1. The summed E-state index contributed by atoms with van der Waals surface area (Å²) < 4.78 is 10.7. The zero-order valence-electron chi connectivity index (χ0n) is 11.4. The monoisotopic (exact) mass is 295 g/mol. The summed E-state index contributed by atoms with van der Waals surface area (Å²) in [7, 11) is 0. The van der Waals surface area contributed by atoms with Gasteiger partial charge in [0, 0.05) is 6.54 Å². The van der Waals surface area contributed by atoms with Gasteiger partial charge >= 0.3 is 6.03 Å². The Bertz CT molecular complexity index is 539. The molecule has 1 saturated heterocycles. The maximum absolute atomic E-state index is 12.2. The summed E-state index contributed by atoms with van der Waals surface area (Å²) in [5.74, 6) is 1.23. The highest BCUT2D eigenvalue weighted by Crippen LogP contribution is 2.29. The van der Waals surface area contributed by atoms with Crippen LogP contribution in [0.1, 0.15) is 6.42 Å². The lowest BCUT2D eigenvalue weighted by Gasteiger charge is -2.23. The molecule has 3 heterocycles. The Morgan fingerprint density at radius 3 is 3.05 bits per heavy atom. The summed E-state index contributed by atoms with van der Waals surface area (Å²) >= 11 is 0. The van der Waals surface area contributed by atoms with Gasteiger partial charge < -0.3 is 24.6 Å². The first kappa shape index (κ1) is 13.9. The van der Waals surface area contributed by atoms with Gasteiger partial charge in [-0.05, 0) is 18.6 Å². The van der Waals surface area contributed by atoms with E-state index in [0.29, 0.717) is 37.1 Å². The van der Waals surface area contributed by atoms with E-state index in [2.05, 4.69) is 10.3 Å². The van der Waals surface area contributed by atoms with Gasteiger partial charge in [0.2, 0.25) is 0 Å². The molecule has 2 unspecified atom stereocenters. The molecule has 2 amide bonds. The summed E-state index contributed by atoms with van der Waals surface area (Å²) in [6.07, 6.45) is -0.237. The minimum Gasteiger partial charge on any atom is -0.484 e. The highest BCUT2D eigenvalue weighted by atomic mass is 16.6. The summed E-state index contributed by atoms with van der Waals surface area (Å²) in [6, 6.07) is 2.51. The fourth-order valence-electron chi connectivity index (χ4n) is 2.50. The van der Waals surface area contributed by atoms with Crippen LogP contribution < -0.4 is 14.8 Å². The van der Waals surface area contributed by atoms with Gasteiger partial charge in [0.1, 0.15) is 19.0 Å². The molecule has 2 aliphatic heterocycles. The second-order valence-electron chi connectivity index (χ2n) is 5.01. The maximum atomic E-state index is 12.2. The molecule has 0 bridgehead atoms. The Morgan fingerprint density at radius 1 is 1.43 bits per heavy atom. The summed E-state index contributed by atoms with van der Waals surface area (Å²) in [4.78, 5) is 17.7. The number of carbonyl (C=O) groups is 1. The number of likely N-dealkylation sites (tertiary alicyclic amines) is 1. The van der Waals surface area contributed by atoms with E-state index in [4.69, 9.17) is 9.47 Å². The minimum atomic E-state index is -0.610. The molecule has 2 aliphatic rings. The van der Waals surface area contributed by atoms with Gasteiger partial charge in [-0.2, -0.15) is 4.98 Å². The van der Waals surface area contributed by atoms with Gasteiger partial charge in [0.25, 0.3) is 5.88 Å². The molecule has 8 heteroatoms. The third-order valence-corrected chi connectivity index (χ3v) is 3.50. The number of aliphatic hydroxyl groups is 2. The third kappa shape index (κ3) is 2.86.